The van der Waals surface area contributed by atoms with Crippen LogP contribution < -0.4 is 10.5 Å². The molecule has 3 N–H and O–H groups in total. The molecule has 0 aliphatic rings. The normalized spacial score (nSPS) is 13.5. The average molecular weight is 274 g/mol. The number of benzene rings is 1. The molecule has 0 aliphatic heterocycles. The van der Waals surface area contributed by atoms with E-state index in [4.69, 9.17) is 5.73 Å². The topological polar surface area (TPSA) is 72.2 Å². The van der Waals surface area contributed by atoms with E-state index in [2.05, 4.69) is 4.72 Å². The summed E-state index contributed by atoms with van der Waals surface area (Å²) in [5.41, 5.74) is 6.17. The quantitative estimate of drug-likeness (QED) is 0.780. The predicted octanol–water partition coefficient (Wildman–Crippen LogP) is 1.02. The molecule has 0 saturated carbocycles. The number of nitrogens with one attached hydrogen (secondary N) is 1. The molecule has 0 spiro atoms. The number of hydrogen-bond acceptors (Lipinski definition) is 3. The number of rotatable bonds is 7. The summed E-state index contributed by atoms with van der Waals surface area (Å²) in [6.45, 7) is 2.14. The van der Waals surface area contributed by atoms with E-state index in [0.717, 1.165) is 5.56 Å². The molecule has 4 nitrogen and oxygen atoms in total. The Morgan fingerprint density at radius 3 is 2.72 bits per heavy atom. The lowest BCUT2D eigenvalue weighted by Gasteiger charge is -2.14. The van der Waals surface area contributed by atoms with Gasteiger partial charge in [0.1, 0.15) is 5.82 Å². The van der Waals surface area contributed by atoms with Gasteiger partial charge in [0, 0.05) is 13.1 Å². The van der Waals surface area contributed by atoms with Gasteiger partial charge in [-0.2, -0.15) is 0 Å². The van der Waals surface area contributed by atoms with E-state index in [1.165, 1.54) is 12.1 Å². The van der Waals surface area contributed by atoms with Gasteiger partial charge < -0.3 is 5.73 Å². The van der Waals surface area contributed by atoms with Gasteiger partial charge in [0.05, 0.1) is 5.25 Å². The summed E-state index contributed by atoms with van der Waals surface area (Å²) in [5, 5.41) is -0.565. The van der Waals surface area contributed by atoms with Gasteiger partial charge in [-0.05, 0) is 30.5 Å². The van der Waals surface area contributed by atoms with Crippen LogP contribution in [0.5, 0.6) is 0 Å². The monoisotopic (exact) mass is 274 g/mol. The largest absolute Gasteiger partial charge is 0.329 e. The SMILES string of the molecule is CCC(CN)S(=O)(=O)NCCc1cccc(F)c1. The molecule has 6 heteroatoms. The Morgan fingerprint density at radius 1 is 1.44 bits per heavy atom. The second-order valence-corrected chi connectivity index (χ2v) is 6.13. The summed E-state index contributed by atoms with van der Waals surface area (Å²) in [5.74, 6) is -0.316. The van der Waals surface area contributed by atoms with Gasteiger partial charge in [0.15, 0.2) is 0 Å². The van der Waals surface area contributed by atoms with Crippen molar-refractivity contribution in [1.82, 2.24) is 4.72 Å². The Morgan fingerprint density at radius 2 is 2.17 bits per heavy atom. The molecule has 0 aliphatic carbocycles. The second-order valence-electron chi connectivity index (χ2n) is 4.09. The van der Waals surface area contributed by atoms with E-state index in [0.29, 0.717) is 12.8 Å². The van der Waals surface area contributed by atoms with Crippen molar-refractivity contribution in [3.8, 4) is 0 Å². The molecular formula is C12H19FN2O2S. The van der Waals surface area contributed by atoms with Crippen molar-refractivity contribution in [1.29, 1.82) is 0 Å². The van der Waals surface area contributed by atoms with Gasteiger partial charge in [0.2, 0.25) is 10.0 Å². The minimum absolute atomic E-state index is 0.103. The first-order valence-electron chi connectivity index (χ1n) is 5.92. The van der Waals surface area contributed by atoms with Crippen molar-refractivity contribution in [2.45, 2.75) is 25.0 Å². The molecule has 0 radical (unpaired) electrons. The molecule has 1 aromatic rings. The molecule has 0 aromatic heterocycles. The molecule has 0 bridgehead atoms. The fraction of sp³-hybridized carbons (Fsp3) is 0.500. The zero-order valence-corrected chi connectivity index (χ0v) is 11.2. The van der Waals surface area contributed by atoms with Crippen molar-refractivity contribution in [3.63, 3.8) is 0 Å². The van der Waals surface area contributed by atoms with Crippen molar-refractivity contribution < 1.29 is 12.8 Å². The molecule has 1 aromatic carbocycles. The van der Waals surface area contributed by atoms with Crippen LogP contribution in [-0.4, -0.2) is 26.8 Å². The summed E-state index contributed by atoms with van der Waals surface area (Å²) in [6, 6.07) is 6.12. The molecule has 1 unspecified atom stereocenters. The Balaban J connectivity index is 2.51. The Hall–Kier alpha value is -0.980. The molecule has 0 amide bonds. The highest BCUT2D eigenvalue weighted by Crippen LogP contribution is 2.05. The lowest BCUT2D eigenvalue weighted by Crippen LogP contribution is -2.39. The third-order valence-corrected chi connectivity index (χ3v) is 4.77. The van der Waals surface area contributed by atoms with Crippen LogP contribution in [0.4, 0.5) is 4.39 Å². The van der Waals surface area contributed by atoms with Crippen LogP contribution in [0, 0.1) is 5.82 Å². The lowest BCUT2D eigenvalue weighted by atomic mass is 10.1. The Kier molecular flexibility index (Phi) is 5.71. The number of hydrogen-bond donors (Lipinski definition) is 2. The molecule has 1 rings (SSSR count). The molecule has 1 atom stereocenters. The van der Waals surface area contributed by atoms with Crippen molar-refractivity contribution in [2.75, 3.05) is 13.1 Å². The van der Waals surface area contributed by atoms with Crippen LogP contribution >= 0.6 is 0 Å². The number of halogens is 1. The summed E-state index contributed by atoms with van der Waals surface area (Å²) in [4.78, 5) is 0. The van der Waals surface area contributed by atoms with Gasteiger partial charge in [-0.25, -0.2) is 17.5 Å². The van der Waals surface area contributed by atoms with Gasteiger partial charge in [-0.15, -0.1) is 0 Å². The Labute approximate surface area is 107 Å². The van der Waals surface area contributed by atoms with Crippen molar-refractivity contribution in [2.24, 2.45) is 5.73 Å². The van der Waals surface area contributed by atoms with Gasteiger partial charge >= 0.3 is 0 Å². The highest BCUT2D eigenvalue weighted by molar-refractivity contribution is 7.90. The summed E-state index contributed by atoms with van der Waals surface area (Å²) < 4.78 is 39.0. The molecule has 0 fully saturated rings. The first-order valence-corrected chi connectivity index (χ1v) is 7.47. The van der Waals surface area contributed by atoms with E-state index >= 15 is 0 Å². The van der Waals surface area contributed by atoms with E-state index in [1.54, 1.807) is 19.1 Å². The van der Waals surface area contributed by atoms with E-state index in [9.17, 15) is 12.8 Å². The highest BCUT2D eigenvalue weighted by atomic mass is 32.2. The van der Waals surface area contributed by atoms with Gasteiger partial charge in [-0.3, -0.25) is 0 Å². The zero-order valence-electron chi connectivity index (χ0n) is 10.4. The third kappa shape index (κ3) is 4.36. The molecule has 0 heterocycles. The summed E-state index contributed by atoms with van der Waals surface area (Å²) in [7, 11) is -3.37. The van der Waals surface area contributed by atoms with Gasteiger partial charge in [-0.1, -0.05) is 19.1 Å². The van der Waals surface area contributed by atoms with Crippen LogP contribution in [0.25, 0.3) is 0 Å². The van der Waals surface area contributed by atoms with Gasteiger partial charge in [0.25, 0.3) is 0 Å². The van der Waals surface area contributed by atoms with Crippen LogP contribution in [0.1, 0.15) is 18.9 Å². The standard InChI is InChI=1S/C12H19FN2O2S/c1-2-12(9-14)18(16,17)15-7-6-10-4-3-5-11(13)8-10/h3-5,8,12,15H,2,6-7,9,14H2,1H3. The fourth-order valence-electron chi connectivity index (χ4n) is 1.66. The fourth-order valence-corrected chi connectivity index (χ4v) is 2.98. The third-order valence-electron chi connectivity index (χ3n) is 2.76. The zero-order chi connectivity index (χ0) is 13.6. The first-order chi connectivity index (χ1) is 8.49. The lowest BCUT2D eigenvalue weighted by molar-refractivity contribution is 0.561. The Bertz CT molecular complexity index is 473. The second kappa shape index (κ2) is 6.82. The summed E-state index contributed by atoms with van der Waals surface area (Å²) in [6.07, 6.45) is 0.934. The van der Waals surface area contributed by atoms with Crippen molar-refractivity contribution in [3.05, 3.63) is 35.6 Å². The van der Waals surface area contributed by atoms with E-state index < -0.39 is 15.3 Å². The smallest absolute Gasteiger partial charge is 0.215 e. The van der Waals surface area contributed by atoms with Crippen LogP contribution in [0.3, 0.4) is 0 Å². The molecular weight excluding hydrogens is 255 g/mol. The van der Waals surface area contributed by atoms with Crippen molar-refractivity contribution >= 4 is 10.0 Å². The molecule has 18 heavy (non-hydrogen) atoms. The summed E-state index contributed by atoms with van der Waals surface area (Å²) >= 11 is 0. The highest BCUT2D eigenvalue weighted by Gasteiger charge is 2.21. The van der Waals surface area contributed by atoms with Crippen LogP contribution in [0.15, 0.2) is 24.3 Å². The molecule has 102 valence electrons. The van der Waals surface area contributed by atoms with E-state index in [-0.39, 0.29) is 18.9 Å². The predicted molar refractivity (Wildman–Crippen MR) is 70.2 cm³/mol. The maximum absolute atomic E-state index is 12.9. The van der Waals surface area contributed by atoms with Crippen LogP contribution in [-0.2, 0) is 16.4 Å². The minimum Gasteiger partial charge on any atom is -0.329 e. The maximum Gasteiger partial charge on any atom is 0.215 e. The minimum atomic E-state index is -3.37. The molecule has 0 saturated heterocycles. The average Bonchev–Trinajstić information content (AvgIpc) is 2.30. The van der Waals surface area contributed by atoms with E-state index in [1.807, 2.05) is 0 Å². The maximum atomic E-state index is 12.9. The first kappa shape index (κ1) is 15.1. The number of nitrogens with two attached hydrogens (primary N) is 1. The number of sulfonamides is 1. The van der Waals surface area contributed by atoms with Crippen LogP contribution in [0.2, 0.25) is 0 Å².